The highest BCUT2D eigenvalue weighted by atomic mass is 35.5. The van der Waals surface area contributed by atoms with Gasteiger partial charge in [-0.3, -0.25) is 9.59 Å². The molecule has 0 aliphatic heterocycles. The molecule has 0 radical (unpaired) electrons. The highest BCUT2D eigenvalue weighted by Crippen LogP contribution is 2.26. The highest BCUT2D eigenvalue weighted by Gasteiger charge is 2.32. The van der Waals surface area contributed by atoms with Gasteiger partial charge < -0.3 is 10.2 Å². The van der Waals surface area contributed by atoms with Gasteiger partial charge in [-0.1, -0.05) is 102 Å². The first kappa shape index (κ1) is 28.8. The lowest BCUT2D eigenvalue weighted by molar-refractivity contribution is -0.139. The maximum Gasteiger partial charge on any atom is 0.243 e. The number of benzene rings is 3. The third-order valence-electron chi connectivity index (χ3n) is 6.75. The summed E-state index contributed by atoms with van der Waals surface area (Å²) in [6.45, 7) is 0.248. The van der Waals surface area contributed by atoms with E-state index in [-0.39, 0.29) is 30.2 Å². The number of thioether (sulfide) groups is 1. The Bertz CT molecular complexity index is 1240. The Morgan fingerprint density at radius 2 is 1.58 bits per heavy atom. The van der Waals surface area contributed by atoms with E-state index in [0.717, 1.165) is 42.4 Å². The number of halogens is 3. The minimum Gasteiger partial charge on any atom is -0.352 e. The van der Waals surface area contributed by atoms with Gasteiger partial charge in [0.25, 0.3) is 0 Å². The van der Waals surface area contributed by atoms with Crippen LogP contribution in [0.25, 0.3) is 0 Å². The molecular weight excluding hydrogens is 559 g/mol. The van der Waals surface area contributed by atoms with Crippen molar-refractivity contribution in [1.29, 1.82) is 0 Å². The summed E-state index contributed by atoms with van der Waals surface area (Å²) >= 11 is 20.2. The average molecular weight is 590 g/mol. The van der Waals surface area contributed by atoms with Gasteiger partial charge in [-0.15, -0.1) is 11.8 Å². The van der Waals surface area contributed by atoms with E-state index in [1.54, 1.807) is 17.0 Å². The Kier molecular flexibility index (Phi) is 10.8. The van der Waals surface area contributed by atoms with Gasteiger partial charge in [-0.05, 0) is 47.7 Å². The van der Waals surface area contributed by atoms with Gasteiger partial charge in [0.1, 0.15) is 6.04 Å². The molecule has 1 atom stereocenters. The summed E-state index contributed by atoms with van der Waals surface area (Å²) in [5.74, 6) is 0.582. The summed E-state index contributed by atoms with van der Waals surface area (Å²) in [6, 6.07) is 22.3. The molecule has 0 saturated heterocycles. The van der Waals surface area contributed by atoms with Gasteiger partial charge in [0.05, 0.1) is 15.8 Å². The van der Waals surface area contributed by atoms with Crippen LogP contribution in [0.4, 0.5) is 0 Å². The highest BCUT2D eigenvalue weighted by molar-refractivity contribution is 7.99. The zero-order valence-electron chi connectivity index (χ0n) is 21.0. The van der Waals surface area contributed by atoms with Crippen molar-refractivity contribution in [3.8, 4) is 0 Å². The minimum atomic E-state index is -0.666. The van der Waals surface area contributed by atoms with Gasteiger partial charge in [0.2, 0.25) is 11.8 Å². The number of hydrogen-bond donors (Lipinski definition) is 1. The molecule has 0 spiro atoms. The van der Waals surface area contributed by atoms with Crippen LogP contribution in [0.5, 0.6) is 0 Å². The Labute approximate surface area is 244 Å². The van der Waals surface area contributed by atoms with E-state index in [0.29, 0.717) is 27.2 Å². The fraction of sp³-hybridized carbons (Fsp3) is 0.333. The van der Waals surface area contributed by atoms with Crippen LogP contribution >= 0.6 is 46.6 Å². The van der Waals surface area contributed by atoms with E-state index in [1.807, 2.05) is 60.7 Å². The molecule has 1 aliphatic rings. The van der Waals surface area contributed by atoms with Crippen LogP contribution in [0, 0.1) is 0 Å². The molecule has 1 fully saturated rings. The number of rotatable bonds is 11. The molecule has 0 heterocycles. The maximum absolute atomic E-state index is 13.8. The zero-order valence-corrected chi connectivity index (χ0v) is 24.1. The van der Waals surface area contributed by atoms with E-state index in [4.69, 9.17) is 34.8 Å². The van der Waals surface area contributed by atoms with Crippen molar-refractivity contribution < 1.29 is 9.59 Å². The minimum absolute atomic E-state index is 0.115. The number of amides is 2. The number of carbonyl (C=O) groups excluding carboxylic acids is 2. The molecule has 1 saturated carbocycles. The predicted molar refractivity (Wildman–Crippen MR) is 159 cm³/mol. The average Bonchev–Trinajstić information content (AvgIpc) is 3.43. The number of nitrogens with one attached hydrogen (secondary N) is 1. The molecule has 2 amide bonds. The van der Waals surface area contributed by atoms with Gasteiger partial charge in [-0.2, -0.15) is 0 Å². The summed E-state index contributed by atoms with van der Waals surface area (Å²) < 4.78 is 0. The summed E-state index contributed by atoms with van der Waals surface area (Å²) in [5, 5.41) is 4.77. The van der Waals surface area contributed by atoms with Crippen LogP contribution in [-0.2, 0) is 28.3 Å². The summed E-state index contributed by atoms with van der Waals surface area (Å²) in [5.41, 5.74) is 2.79. The molecule has 4 rings (SSSR count). The lowest BCUT2D eigenvalue weighted by Crippen LogP contribution is -2.52. The molecular formula is C30H31Cl3N2O2S. The summed E-state index contributed by atoms with van der Waals surface area (Å²) in [7, 11) is 0. The second-order valence-corrected chi connectivity index (χ2v) is 11.8. The lowest BCUT2D eigenvalue weighted by atomic mass is 10.0. The van der Waals surface area contributed by atoms with Crippen molar-refractivity contribution >= 4 is 58.4 Å². The van der Waals surface area contributed by atoms with Crippen molar-refractivity contribution in [2.75, 3.05) is 5.75 Å². The predicted octanol–water partition coefficient (Wildman–Crippen LogP) is 7.58. The molecule has 0 aromatic heterocycles. The monoisotopic (exact) mass is 588 g/mol. The van der Waals surface area contributed by atoms with Crippen LogP contribution in [0.2, 0.25) is 15.1 Å². The zero-order chi connectivity index (χ0) is 26.9. The van der Waals surface area contributed by atoms with Crippen molar-refractivity contribution in [2.45, 2.75) is 56.5 Å². The van der Waals surface area contributed by atoms with E-state index in [9.17, 15) is 9.59 Å². The first-order chi connectivity index (χ1) is 18.4. The molecule has 38 heavy (non-hydrogen) atoms. The molecule has 200 valence electrons. The van der Waals surface area contributed by atoms with E-state index < -0.39 is 6.04 Å². The first-order valence-corrected chi connectivity index (χ1v) is 15.1. The number of nitrogens with zero attached hydrogens (tertiary/aromatic N) is 1. The van der Waals surface area contributed by atoms with Crippen LogP contribution in [-0.4, -0.2) is 34.6 Å². The van der Waals surface area contributed by atoms with Crippen molar-refractivity contribution in [2.24, 2.45) is 0 Å². The fourth-order valence-electron chi connectivity index (χ4n) is 4.70. The maximum atomic E-state index is 13.8. The Balaban J connectivity index is 1.59. The van der Waals surface area contributed by atoms with Gasteiger partial charge >= 0.3 is 0 Å². The summed E-state index contributed by atoms with van der Waals surface area (Å²) in [4.78, 5) is 29.2. The Morgan fingerprint density at radius 3 is 2.29 bits per heavy atom. The van der Waals surface area contributed by atoms with Crippen molar-refractivity contribution in [3.63, 3.8) is 0 Å². The van der Waals surface area contributed by atoms with E-state index in [2.05, 4.69) is 5.32 Å². The summed E-state index contributed by atoms with van der Waals surface area (Å²) in [6.07, 6.45) is 4.58. The largest absolute Gasteiger partial charge is 0.352 e. The molecule has 8 heteroatoms. The number of carbonyl (C=O) groups is 2. The second kappa shape index (κ2) is 14.3. The second-order valence-electron chi connectivity index (χ2n) is 9.55. The third-order valence-corrected chi connectivity index (χ3v) is 8.82. The molecule has 1 aliphatic carbocycles. The number of hydrogen-bond acceptors (Lipinski definition) is 3. The van der Waals surface area contributed by atoms with Crippen molar-refractivity contribution in [3.05, 3.63) is 105 Å². The van der Waals surface area contributed by atoms with Crippen LogP contribution < -0.4 is 5.32 Å². The molecule has 0 unspecified atom stereocenters. The quantitative estimate of drug-likeness (QED) is 0.251. The van der Waals surface area contributed by atoms with Crippen molar-refractivity contribution in [1.82, 2.24) is 10.2 Å². The standard InChI is InChI=1S/C30H31Cl3N2O2S/c31-25-13-7-4-10-23(25)19-38-20-29(36)35(18-22-14-15-26(32)27(33)16-22)28(17-21-8-2-1-3-9-21)30(37)34-24-11-5-6-12-24/h1-4,7-10,13-16,24,28H,5-6,11-12,17-20H2,(H,34,37)/t28-/m1/s1. The van der Waals surface area contributed by atoms with Gasteiger partial charge in [0, 0.05) is 29.8 Å². The first-order valence-electron chi connectivity index (χ1n) is 12.8. The molecule has 1 N–H and O–H groups in total. The normalized spacial score (nSPS) is 14.3. The third kappa shape index (κ3) is 8.16. The van der Waals surface area contributed by atoms with Crippen LogP contribution in [0.1, 0.15) is 42.4 Å². The lowest BCUT2D eigenvalue weighted by Gasteiger charge is -2.32. The van der Waals surface area contributed by atoms with Gasteiger partial charge in [-0.25, -0.2) is 0 Å². The molecule has 0 bridgehead atoms. The molecule has 3 aromatic rings. The Hall–Kier alpha value is -2.18. The van der Waals surface area contributed by atoms with Gasteiger partial charge in [0.15, 0.2) is 0 Å². The fourth-order valence-corrected chi connectivity index (χ4v) is 6.22. The topological polar surface area (TPSA) is 49.4 Å². The smallest absolute Gasteiger partial charge is 0.243 e. The van der Waals surface area contributed by atoms with Crippen LogP contribution in [0.3, 0.4) is 0 Å². The molecule has 3 aromatic carbocycles. The SMILES string of the molecule is O=C(NC1CCCC1)[C@@H](Cc1ccccc1)N(Cc1ccc(Cl)c(Cl)c1)C(=O)CSCc1ccccc1Cl. The van der Waals surface area contributed by atoms with E-state index in [1.165, 1.54) is 11.8 Å². The van der Waals surface area contributed by atoms with E-state index >= 15 is 0 Å². The Morgan fingerprint density at radius 1 is 0.868 bits per heavy atom. The molecule has 4 nitrogen and oxygen atoms in total. The van der Waals surface area contributed by atoms with Crippen LogP contribution in [0.15, 0.2) is 72.8 Å².